The van der Waals surface area contributed by atoms with Gasteiger partial charge in [0.25, 0.3) is 15.9 Å². The molecule has 3 aromatic rings. The SMILES string of the molecule is O=C(c1cccc(S(=O)(=O)Nc2cccc(Cl)c2)c1)N1CCc2ccccc21. The Labute approximate surface area is 168 Å². The molecule has 1 heterocycles. The molecule has 5 nitrogen and oxygen atoms in total. The Kier molecular flexibility index (Phi) is 4.83. The summed E-state index contributed by atoms with van der Waals surface area (Å²) in [6.45, 7) is 0.579. The number of carbonyl (C=O) groups is 1. The quantitative estimate of drug-likeness (QED) is 0.693. The first-order valence-electron chi connectivity index (χ1n) is 8.72. The number of nitrogens with zero attached hydrogens (tertiary/aromatic N) is 1. The number of halogens is 1. The predicted octanol–water partition coefficient (Wildman–Crippen LogP) is 4.34. The highest BCUT2D eigenvalue weighted by Crippen LogP contribution is 2.29. The summed E-state index contributed by atoms with van der Waals surface area (Å²) in [5, 5.41) is 0.428. The molecular formula is C21H17ClN2O3S. The van der Waals surface area contributed by atoms with Crippen molar-refractivity contribution >= 4 is 38.9 Å². The summed E-state index contributed by atoms with van der Waals surface area (Å²) in [6, 6.07) is 20.2. The van der Waals surface area contributed by atoms with Gasteiger partial charge in [0.05, 0.1) is 10.6 Å². The number of sulfonamides is 1. The molecule has 0 radical (unpaired) electrons. The van der Waals surface area contributed by atoms with E-state index in [4.69, 9.17) is 11.6 Å². The topological polar surface area (TPSA) is 66.5 Å². The van der Waals surface area contributed by atoms with Crippen molar-refractivity contribution < 1.29 is 13.2 Å². The molecule has 0 fully saturated rings. The molecule has 3 aromatic carbocycles. The van der Waals surface area contributed by atoms with Crippen LogP contribution in [0.15, 0.2) is 77.7 Å². The van der Waals surface area contributed by atoms with E-state index >= 15 is 0 Å². The van der Waals surface area contributed by atoms with Crippen LogP contribution < -0.4 is 9.62 Å². The highest BCUT2D eigenvalue weighted by atomic mass is 35.5. The van der Waals surface area contributed by atoms with Crippen LogP contribution in [0.2, 0.25) is 5.02 Å². The first kappa shape index (κ1) is 18.5. The molecule has 0 spiro atoms. The number of benzene rings is 3. The molecule has 4 rings (SSSR count). The Balaban J connectivity index is 1.62. The molecule has 7 heteroatoms. The maximum Gasteiger partial charge on any atom is 0.261 e. The van der Waals surface area contributed by atoms with Gasteiger partial charge in [0, 0.05) is 22.8 Å². The van der Waals surface area contributed by atoms with E-state index in [1.807, 2.05) is 24.3 Å². The van der Waals surface area contributed by atoms with Crippen LogP contribution in [0, 0.1) is 0 Å². The minimum atomic E-state index is -3.85. The molecule has 0 aromatic heterocycles. The summed E-state index contributed by atoms with van der Waals surface area (Å²) in [6.07, 6.45) is 0.788. The molecule has 0 aliphatic carbocycles. The average Bonchev–Trinajstić information content (AvgIpc) is 3.11. The van der Waals surface area contributed by atoms with E-state index in [-0.39, 0.29) is 10.8 Å². The van der Waals surface area contributed by atoms with Crippen LogP contribution in [-0.2, 0) is 16.4 Å². The van der Waals surface area contributed by atoms with Gasteiger partial charge in [-0.2, -0.15) is 0 Å². The van der Waals surface area contributed by atoms with Crippen LogP contribution in [0.3, 0.4) is 0 Å². The molecule has 0 saturated carbocycles. The Bertz CT molecular complexity index is 1160. The second kappa shape index (κ2) is 7.30. The fourth-order valence-corrected chi connectivity index (χ4v) is 4.55. The van der Waals surface area contributed by atoms with Crippen LogP contribution in [0.1, 0.15) is 15.9 Å². The third-order valence-electron chi connectivity index (χ3n) is 4.60. The van der Waals surface area contributed by atoms with E-state index in [1.165, 1.54) is 18.2 Å². The number of hydrogen-bond donors (Lipinski definition) is 1. The molecule has 1 aliphatic heterocycles. The lowest BCUT2D eigenvalue weighted by Crippen LogP contribution is -2.29. The van der Waals surface area contributed by atoms with Crippen molar-refractivity contribution in [1.82, 2.24) is 0 Å². The van der Waals surface area contributed by atoms with Gasteiger partial charge >= 0.3 is 0 Å². The van der Waals surface area contributed by atoms with Gasteiger partial charge in [-0.3, -0.25) is 9.52 Å². The summed E-state index contributed by atoms with van der Waals surface area (Å²) >= 11 is 5.92. The first-order valence-corrected chi connectivity index (χ1v) is 10.6. The normalized spacial score (nSPS) is 13.2. The minimum absolute atomic E-state index is 0.0193. The highest BCUT2D eigenvalue weighted by molar-refractivity contribution is 7.92. The van der Waals surface area contributed by atoms with Crippen LogP contribution >= 0.6 is 11.6 Å². The summed E-state index contributed by atoms with van der Waals surface area (Å²) < 4.78 is 27.9. The number of anilines is 2. The van der Waals surface area contributed by atoms with Crippen molar-refractivity contribution in [3.8, 4) is 0 Å². The van der Waals surface area contributed by atoms with Crippen LogP contribution in [0.5, 0.6) is 0 Å². The summed E-state index contributed by atoms with van der Waals surface area (Å²) in [4.78, 5) is 14.7. The molecule has 0 atom stereocenters. The third-order valence-corrected chi connectivity index (χ3v) is 6.21. The van der Waals surface area contributed by atoms with E-state index < -0.39 is 10.0 Å². The van der Waals surface area contributed by atoms with Gasteiger partial charge in [-0.15, -0.1) is 0 Å². The number of rotatable bonds is 4. The van der Waals surface area contributed by atoms with Gasteiger partial charge in [0.1, 0.15) is 0 Å². The standard InChI is InChI=1S/C21H17ClN2O3S/c22-17-7-4-8-18(14-17)23-28(26,27)19-9-3-6-16(13-19)21(25)24-12-11-15-5-1-2-10-20(15)24/h1-10,13-14,23H,11-12H2. The van der Waals surface area contributed by atoms with Gasteiger partial charge < -0.3 is 4.90 Å². The number of nitrogens with one attached hydrogen (secondary N) is 1. The number of fused-ring (bicyclic) bond motifs is 1. The van der Waals surface area contributed by atoms with Crippen molar-refractivity contribution in [2.75, 3.05) is 16.2 Å². The van der Waals surface area contributed by atoms with Crippen molar-refractivity contribution in [3.63, 3.8) is 0 Å². The zero-order valence-corrected chi connectivity index (χ0v) is 16.4. The van der Waals surface area contributed by atoms with E-state index in [0.29, 0.717) is 22.8 Å². The molecule has 0 bridgehead atoms. The predicted molar refractivity (Wildman–Crippen MR) is 111 cm³/mol. The van der Waals surface area contributed by atoms with E-state index in [1.54, 1.807) is 35.2 Å². The lowest BCUT2D eigenvalue weighted by Gasteiger charge is -2.18. The van der Waals surface area contributed by atoms with E-state index in [2.05, 4.69) is 4.72 Å². The fourth-order valence-electron chi connectivity index (χ4n) is 3.27. The Morgan fingerprint density at radius 1 is 0.964 bits per heavy atom. The van der Waals surface area contributed by atoms with Crippen molar-refractivity contribution in [2.24, 2.45) is 0 Å². The highest BCUT2D eigenvalue weighted by Gasteiger charge is 2.26. The molecule has 1 N–H and O–H groups in total. The second-order valence-electron chi connectivity index (χ2n) is 6.48. The number of carbonyl (C=O) groups excluding carboxylic acids is 1. The summed E-state index contributed by atoms with van der Waals surface area (Å²) in [5.41, 5.74) is 2.67. The van der Waals surface area contributed by atoms with Crippen LogP contribution in [0.25, 0.3) is 0 Å². The van der Waals surface area contributed by atoms with Gasteiger partial charge in [-0.25, -0.2) is 8.42 Å². The van der Waals surface area contributed by atoms with Crippen LogP contribution in [0.4, 0.5) is 11.4 Å². The number of hydrogen-bond acceptors (Lipinski definition) is 3. The zero-order valence-electron chi connectivity index (χ0n) is 14.8. The molecular weight excluding hydrogens is 396 g/mol. The second-order valence-corrected chi connectivity index (χ2v) is 8.60. The molecule has 1 amide bonds. The summed E-state index contributed by atoms with van der Waals surface area (Å²) in [7, 11) is -3.85. The van der Waals surface area contributed by atoms with Gasteiger partial charge in [0.15, 0.2) is 0 Å². The van der Waals surface area contributed by atoms with Gasteiger partial charge in [-0.1, -0.05) is 41.9 Å². The maximum absolute atomic E-state index is 13.0. The third kappa shape index (κ3) is 3.61. The van der Waals surface area contributed by atoms with Crippen LogP contribution in [-0.4, -0.2) is 20.9 Å². The lowest BCUT2D eigenvalue weighted by atomic mass is 10.1. The first-order chi connectivity index (χ1) is 13.4. The minimum Gasteiger partial charge on any atom is -0.308 e. The molecule has 0 unspecified atom stereocenters. The molecule has 1 aliphatic rings. The van der Waals surface area contributed by atoms with Gasteiger partial charge in [0.2, 0.25) is 0 Å². The Morgan fingerprint density at radius 3 is 2.57 bits per heavy atom. The smallest absolute Gasteiger partial charge is 0.261 e. The maximum atomic E-state index is 13.0. The van der Waals surface area contributed by atoms with Crippen molar-refractivity contribution in [1.29, 1.82) is 0 Å². The monoisotopic (exact) mass is 412 g/mol. The van der Waals surface area contributed by atoms with E-state index in [9.17, 15) is 13.2 Å². The Morgan fingerprint density at radius 2 is 1.75 bits per heavy atom. The van der Waals surface area contributed by atoms with Gasteiger partial charge in [-0.05, 0) is 54.4 Å². The largest absolute Gasteiger partial charge is 0.308 e. The zero-order chi connectivity index (χ0) is 19.7. The van der Waals surface area contributed by atoms with Crippen molar-refractivity contribution in [3.05, 3.63) is 88.9 Å². The number of amides is 1. The molecule has 142 valence electrons. The molecule has 28 heavy (non-hydrogen) atoms. The molecule has 0 saturated heterocycles. The number of para-hydroxylation sites is 1. The van der Waals surface area contributed by atoms with Crippen molar-refractivity contribution in [2.45, 2.75) is 11.3 Å². The lowest BCUT2D eigenvalue weighted by molar-refractivity contribution is 0.0989. The van der Waals surface area contributed by atoms with E-state index in [0.717, 1.165) is 17.7 Å². The average molecular weight is 413 g/mol. The summed E-state index contributed by atoms with van der Waals surface area (Å²) in [5.74, 6) is -0.218. The fraction of sp³-hybridized carbons (Fsp3) is 0.0952. The Hall–Kier alpha value is -2.83.